The Morgan fingerprint density at radius 2 is 2.24 bits per heavy atom. The third kappa shape index (κ3) is 4.27. The van der Waals surface area contributed by atoms with E-state index < -0.39 is 15.9 Å². The number of thiazole rings is 1. The van der Waals surface area contributed by atoms with Gasteiger partial charge in [-0.3, -0.25) is 4.79 Å². The van der Waals surface area contributed by atoms with Crippen LogP contribution in [0.2, 0.25) is 0 Å². The van der Waals surface area contributed by atoms with Gasteiger partial charge in [-0.15, -0.1) is 11.3 Å². The SMILES string of the molecule is COc1cccc(S(=O)(=O)NC(=O)CCc2cscn2)c1. The van der Waals surface area contributed by atoms with Crippen LogP contribution < -0.4 is 9.46 Å². The summed E-state index contributed by atoms with van der Waals surface area (Å²) in [6.07, 6.45) is 0.468. The largest absolute Gasteiger partial charge is 0.497 e. The van der Waals surface area contributed by atoms with Gasteiger partial charge in [0.05, 0.1) is 23.2 Å². The molecule has 0 saturated carbocycles. The number of amides is 1. The zero-order chi connectivity index (χ0) is 15.3. The van der Waals surface area contributed by atoms with Crippen molar-refractivity contribution in [2.45, 2.75) is 17.7 Å². The zero-order valence-corrected chi connectivity index (χ0v) is 12.9. The summed E-state index contributed by atoms with van der Waals surface area (Å²) in [5, 5.41) is 1.82. The topological polar surface area (TPSA) is 85.4 Å². The van der Waals surface area contributed by atoms with Crippen LogP contribution in [0.5, 0.6) is 5.75 Å². The van der Waals surface area contributed by atoms with Crippen molar-refractivity contribution in [1.82, 2.24) is 9.71 Å². The highest BCUT2D eigenvalue weighted by atomic mass is 32.2. The lowest BCUT2D eigenvalue weighted by Gasteiger charge is -2.07. The first-order valence-corrected chi connectivity index (χ1v) is 8.50. The summed E-state index contributed by atoms with van der Waals surface area (Å²) in [5.74, 6) is -0.154. The standard InChI is InChI=1S/C13H14N2O4S2/c1-19-11-3-2-4-12(7-11)21(17,18)15-13(16)6-5-10-8-20-9-14-10/h2-4,7-9H,5-6H2,1H3,(H,15,16). The summed E-state index contributed by atoms with van der Waals surface area (Å²) in [4.78, 5) is 15.8. The third-order valence-electron chi connectivity index (χ3n) is 2.69. The monoisotopic (exact) mass is 326 g/mol. The molecule has 0 aliphatic rings. The number of hydrogen-bond donors (Lipinski definition) is 1. The van der Waals surface area contributed by atoms with Crippen LogP contribution in [-0.2, 0) is 21.2 Å². The highest BCUT2D eigenvalue weighted by Gasteiger charge is 2.18. The summed E-state index contributed by atoms with van der Waals surface area (Å²) in [5.41, 5.74) is 2.44. The van der Waals surface area contributed by atoms with E-state index in [1.165, 1.54) is 30.6 Å². The van der Waals surface area contributed by atoms with Gasteiger partial charge in [-0.25, -0.2) is 18.1 Å². The minimum atomic E-state index is -3.88. The van der Waals surface area contributed by atoms with Crippen molar-refractivity contribution in [3.05, 3.63) is 40.8 Å². The summed E-state index contributed by atoms with van der Waals surface area (Å²) < 4.78 is 31.1. The van der Waals surface area contributed by atoms with Crippen LogP contribution >= 0.6 is 11.3 Å². The number of hydrogen-bond acceptors (Lipinski definition) is 6. The minimum Gasteiger partial charge on any atom is -0.497 e. The van der Waals surface area contributed by atoms with Gasteiger partial charge in [0.1, 0.15) is 5.75 Å². The Morgan fingerprint density at radius 1 is 1.43 bits per heavy atom. The molecule has 0 saturated heterocycles. The maximum atomic E-state index is 12.1. The summed E-state index contributed by atoms with van der Waals surface area (Å²) in [6, 6.07) is 5.94. The molecule has 0 fully saturated rings. The van der Waals surface area contributed by atoms with Crippen molar-refractivity contribution >= 4 is 27.3 Å². The van der Waals surface area contributed by atoms with Gasteiger partial charge in [0.25, 0.3) is 10.0 Å². The molecule has 1 N–H and O–H groups in total. The first-order valence-electron chi connectivity index (χ1n) is 6.08. The van der Waals surface area contributed by atoms with E-state index in [0.717, 1.165) is 5.69 Å². The van der Waals surface area contributed by atoms with Gasteiger partial charge < -0.3 is 4.74 Å². The number of nitrogens with zero attached hydrogens (tertiary/aromatic N) is 1. The average Bonchev–Trinajstić information content (AvgIpc) is 2.98. The molecule has 1 heterocycles. The lowest BCUT2D eigenvalue weighted by atomic mass is 10.2. The molecule has 21 heavy (non-hydrogen) atoms. The van der Waals surface area contributed by atoms with E-state index in [2.05, 4.69) is 4.98 Å². The Bertz CT molecular complexity index is 712. The summed E-state index contributed by atoms with van der Waals surface area (Å²) in [7, 11) is -2.44. The van der Waals surface area contributed by atoms with Crippen LogP contribution in [0.15, 0.2) is 40.1 Å². The Balaban J connectivity index is 2.01. The fraction of sp³-hybridized carbons (Fsp3) is 0.231. The van der Waals surface area contributed by atoms with Crippen LogP contribution in [0.4, 0.5) is 0 Å². The highest BCUT2D eigenvalue weighted by Crippen LogP contribution is 2.17. The number of nitrogens with one attached hydrogen (secondary N) is 1. The second-order valence-corrected chi connectivity index (χ2v) is 6.59. The highest BCUT2D eigenvalue weighted by molar-refractivity contribution is 7.90. The molecule has 0 radical (unpaired) electrons. The molecule has 1 aromatic carbocycles. The first-order chi connectivity index (χ1) is 10.0. The molecule has 2 aromatic rings. The predicted molar refractivity (Wildman–Crippen MR) is 78.8 cm³/mol. The molecular formula is C13H14N2O4S2. The van der Waals surface area contributed by atoms with Crippen LogP contribution in [0.3, 0.4) is 0 Å². The molecule has 8 heteroatoms. The van der Waals surface area contributed by atoms with Gasteiger partial charge in [0.2, 0.25) is 5.91 Å². The second-order valence-electron chi connectivity index (χ2n) is 4.19. The summed E-state index contributed by atoms with van der Waals surface area (Å²) in [6.45, 7) is 0. The van der Waals surface area contributed by atoms with Crippen molar-refractivity contribution in [2.75, 3.05) is 7.11 Å². The number of carbonyl (C=O) groups excluding carboxylic acids is 1. The van der Waals surface area contributed by atoms with Gasteiger partial charge >= 0.3 is 0 Å². The van der Waals surface area contributed by atoms with Gasteiger partial charge in [-0.2, -0.15) is 0 Å². The molecule has 0 aliphatic heterocycles. The lowest BCUT2D eigenvalue weighted by molar-refractivity contribution is -0.119. The van der Waals surface area contributed by atoms with Crippen molar-refractivity contribution in [2.24, 2.45) is 0 Å². The molecule has 0 unspecified atom stereocenters. The number of methoxy groups -OCH3 is 1. The maximum Gasteiger partial charge on any atom is 0.264 e. The molecule has 0 atom stereocenters. The molecule has 0 spiro atoms. The van der Waals surface area contributed by atoms with Crippen molar-refractivity contribution < 1.29 is 17.9 Å². The van der Waals surface area contributed by atoms with Gasteiger partial charge in [-0.1, -0.05) is 6.07 Å². The van der Waals surface area contributed by atoms with Gasteiger partial charge in [-0.05, 0) is 18.6 Å². The van der Waals surface area contributed by atoms with Crippen molar-refractivity contribution in [3.8, 4) is 5.75 Å². The number of aryl methyl sites for hydroxylation is 1. The van der Waals surface area contributed by atoms with Crippen LogP contribution in [0, 0.1) is 0 Å². The third-order valence-corrected chi connectivity index (χ3v) is 4.70. The number of rotatable bonds is 6. The molecule has 6 nitrogen and oxygen atoms in total. The smallest absolute Gasteiger partial charge is 0.264 e. The van der Waals surface area contributed by atoms with E-state index in [-0.39, 0.29) is 11.3 Å². The molecule has 2 rings (SSSR count). The molecular weight excluding hydrogens is 312 g/mol. The number of carbonyl (C=O) groups is 1. The van der Waals surface area contributed by atoms with E-state index in [1.807, 2.05) is 10.1 Å². The maximum absolute atomic E-state index is 12.1. The fourth-order valence-corrected chi connectivity index (χ4v) is 3.27. The molecule has 1 amide bonds. The Morgan fingerprint density at radius 3 is 2.90 bits per heavy atom. The molecule has 1 aromatic heterocycles. The van der Waals surface area contributed by atoms with Crippen LogP contribution in [0.25, 0.3) is 0 Å². The van der Waals surface area contributed by atoms with E-state index in [1.54, 1.807) is 17.6 Å². The normalized spacial score (nSPS) is 11.1. The van der Waals surface area contributed by atoms with Crippen molar-refractivity contribution in [1.29, 1.82) is 0 Å². The minimum absolute atomic E-state index is 0.0103. The fourth-order valence-electron chi connectivity index (χ4n) is 1.63. The molecule has 0 bridgehead atoms. The Hall–Kier alpha value is -1.93. The van der Waals surface area contributed by atoms with Crippen LogP contribution in [0.1, 0.15) is 12.1 Å². The second kappa shape index (κ2) is 6.68. The molecule has 112 valence electrons. The lowest BCUT2D eigenvalue weighted by Crippen LogP contribution is -2.30. The summed E-state index contributed by atoms with van der Waals surface area (Å²) >= 11 is 1.43. The Kier molecular flexibility index (Phi) is 4.92. The number of benzene rings is 1. The first kappa shape index (κ1) is 15.5. The van der Waals surface area contributed by atoms with E-state index in [0.29, 0.717) is 12.2 Å². The quantitative estimate of drug-likeness (QED) is 0.871. The van der Waals surface area contributed by atoms with Gasteiger partial charge in [0.15, 0.2) is 0 Å². The number of aromatic nitrogens is 1. The van der Waals surface area contributed by atoms with Crippen molar-refractivity contribution in [3.63, 3.8) is 0 Å². The number of ether oxygens (including phenoxy) is 1. The predicted octanol–water partition coefficient (Wildman–Crippen LogP) is 1.59. The Labute approximate surface area is 126 Å². The number of sulfonamides is 1. The van der Waals surface area contributed by atoms with E-state index >= 15 is 0 Å². The van der Waals surface area contributed by atoms with Gasteiger partial charge in [0, 0.05) is 17.9 Å². The van der Waals surface area contributed by atoms with E-state index in [9.17, 15) is 13.2 Å². The average molecular weight is 326 g/mol. The van der Waals surface area contributed by atoms with Crippen LogP contribution in [-0.4, -0.2) is 26.4 Å². The van der Waals surface area contributed by atoms with E-state index in [4.69, 9.17) is 4.74 Å². The zero-order valence-electron chi connectivity index (χ0n) is 11.3. The molecule has 0 aliphatic carbocycles.